The van der Waals surface area contributed by atoms with Crippen molar-refractivity contribution in [3.8, 4) is 11.6 Å². The molecule has 0 bridgehead atoms. The molecular weight excluding hydrogens is 296 g/mol. The number of H-pyrrole nitrogens is 1. The van der Waals surface area contributed by atoms with Crippen LogP contribution in [0.3, 0.4) is 0 Å². The lowest BCUT2D eigenvalue weighted by atomic mass is 10.1. The Kier molecular flexibility index (Phi) is 3.96. The maximum atomic E-state index is 12.0. The molecular formula is C15H16N6O2. The number of hydrogen-bond acceptors (Lipinski definition) is 6. The van der Waals surface area contributed by atoms with Crippen LogP contribution in [0.25, 0.3) is 11.6 Å². The first-order chi connectivity index (χ1) is 11.1. The van der Waals surface area contributed by atoms with Gasteiger partial charge in [0.25, 0.3) is 5.91 Å². The predicted molar refractivity (Wildman–Crippen MR) is 85.4 cm³/mol. The average Bonchev–Trinajstić information content (AvgIpc) is 3.17. The molecule has 1 aromatic carbocycles. The second kappa shape index (κ2) is 6.22. The molecule has 0 aliphatic carbocycles. The molecule has 0 radical (unpaired) electrons. The number of nitrogen functional groups attached to an aromatic ring is 2. The van der Waals surface area contributed by atoms with E-state index in [1.165, 1.54) is 12.6 Å². The number of nitrogens with two attached hydrogens (primary N) is 2. The summed E-state index contributed by atoms with van der Waals surface area (Å²) >= 11 is 0. The van der Waals surface area contributed by atoms with Gasteiger partial charge in [-0.15, -0.1) is 0 Å². The van der Waals surface area contributed by atoms with Crippen molar-refractivity contribution < 1.29 is 9.21 Å². The molecule has 1 amide bonds. The Morgan fingerprint density at radius 2 is 2.04 bits per heavy atom. The summed E-state index contributed by atoms with van der Waals surface area (Å²) in [4.78, 5) is 22.8. The van der Waals surface area contributed by atoms with Crippen molar-refractivity contribution in [1.29, 1.82) is 0 Å². The second-order valence-corrected chi connectivity index (χ2v) is 4.95. The molecule has 8 nitrogen and oxygen atoms in total. The molecule has 2 heterocycles. The minimum absolute atomic E-state index is 0.186. The number of aromatic nitrogens is 3. The zero-order valence-corrected chi connectivity index (χ0v) is 12.2. The summed E-state index contributed by atoms with van der Waals surface area (Å²) in [5.74, 6) is 0.180. The monoisotopic (exact) mass is 312 g/mol. The van der Waals surface area contributed by atoms with Crippen molar-refractivity contribution in [3.63, 3.8) is 0 Å². The van der Waals surface area contributed by atoms with E-state index in [9.17, 15) is 4.79 Å². The van der Waals surface area contributed by atoms with Gasteiger partial charge < -0.3 is 26.2 Å². The number of nitrogens with one attached hydrogen (secondary N) is 2. The Bertz CT molecular complexity index is 805. The highest BCUT2D eigenvalue weighted by Crippen LogP contribution is 2.20. The first-order valence-electron chi connectivity index (χ1n) is 7.01. The Morgan fingerprint density at radius 3 is 2.74 bits per heavy atom. The van der Waals surface area contributed by atoms with Crippen LogP contribution in [0.1, 0.15) is 16.1 Å². The molecule has 0 aliphatic rings. The third-order valence-corrected chi connectivity index (χ3v) is 3.30. The van der Waals surface area contributed by atoms with Crippen LogP contribution in [-0.2, 0) is 6.42 Å². The largest absolute Gasteiger partial charge is 0.442 e. The number of rotatable bonds is 5. The second-order valence-electron chi connectivity index (χ2n) is 4.95. The molecule has 0 saturated carbocycles. The topological polar surface area (TPSA) is 136 Å². The van der Waals surface area contributed by atoms with Gasteiger partial charge in [-0.25, -0.2) is 9.97 Å². The summed E-state index contributed by atoms with van der Waals surface area (Å²) in [7, 11) is 0. The molecule has 6 N–H and O–H groups in total. The summed E-state index contributed by atoms with van der Waals surface area (Å²) < 4.78 is 5.25. The quantitative estimate of drug-likeness (QED) is 0.523. The third-order valence-electron chi connectivity index (χ3n) is 3.30. The van der Waals surface area contributed by atoms with E-state index in [0.29, 0.717) is 24.3 Å². The number of oxazole rings is 1. The van der Waals surface area contributed by atoms with Crippen molar-refractivity contribution in [2.45, 2.75) is 6.42 Å². The standard InChI is InChI=1S/C15H16N6O2/c16-10-3-1-9(2-4-10)5-6-18-14(22)11-7-23-15(21-11)12-13(17)20-8-19-12/h1-4,7-8H,5-6,16-17H2,(H,18,22)(H,19,20). The van der Waals surface area contributed by atoms with E-state index in [1.54, 1.807) is 0 Å². The van der Waals surface area contributed by atoms with E-state index in [-0.39, 0.29) is 23.3 Å². The zero-order valence-electron chi connectivity index (χ0n) is 12.2. The fraction of sp³-hybridized carbons (Fsp3) is 0.133. The van der Waals surface area contributed by atoms with Crippen molar-refractivity contribution in [1.82, 2.24) is 20.3 Å². The number of carbonyl (C=O) groups excluding carboxylic acids is 1. The molecule has 0 unspecified atom stereocenters. The van der Waals surface area contributed by atoms with E-state index >= 15 is 0 Å². The van der Waals surface area contributed by atoms with E-state index in [0.717, 1.165) is 5.56 Å². The van der Waals surface area contributed by atoms with Gasteiger partial charge in [-0.2, -0.15) is 0 Å². The Balaban J connectivity index is 1.57. The van der Waals surface area contributed by atoms with Gasteiger partial charge in [0.1, 0.15) is 12.0 Å². The average molecular weight is 312 g/mol. The Morgan fingerprint density at radius 1 is 1.26 bits per heavy atom. The van der Waals surface area contributed by atoms with E-state index in [2.05, 4.69) is 20.3 Å². The van der Waals surface area contributed by atoms with E-state index in [1.807, 2.05) is 24.3 Å². The molecule has 8 heteroatoms. The molecule has 118 valence electrons. The highest BCUT2D eigenvalue weighted by atomic mass is 16.3. The van der Waals surface area contributed by atoms with Crippen LogP contribution in [0.2, 0.25) is 0 Å². The first kappa shape index (κ1) is 14.6. The number of hydrogen-bond donors (Lipinski definition) is 4. The van der Waals surface area contributed by atoms with Crippen LogP contribution in [0.5, 0.6) is 0 Å². The summed E-state index contributed by atoms with van der Waals surface area (Å²) in [5.41, 5.74) is 13.7. The van der Waals surface area contributed by atoms with Gasteiger partial charge in [-0.1, -0.05) is 12.1 Å². The van der Waals surface area contributed by atoms with Crippen molar-refractivity contribution >= 4 is 17.4 Å². The highest BCUT2D eigenvalue weighted by Gasteiger charge is 2.16. The summed E-state index contributed by atoms with van der Waals surface area (Å²) in [6.45, 7) is 0.483. The van der Waals surface area contributed by atoms with Crippen molar-refractivity contribution in [3.05, 3.63) is 48.1 Å². The number of benzene rings is 1. The number of carbonyl (C=O) groups is 1. The lowest BCUT2D eigenvalue weighted by Gasteiger charge is -2.03. The molecule has 23 heavy (non-hydrogen) atoms. The molecule has 0 atom stereocenters. The molecule has 0 fully saturated rings. The highest BCUT2D eigenvalue weighted by molar-refractivity contribution is 5.92. The van der Waals surface area contributed by atoms with Gasteiger partial charge in [0.15, 0.2) is 11.5 Å². The number of anilines is 2. The zero-order chi connectivity index (χ0) is 16.2. The summed E-state index contributed by atoms with van der Waals surface area (Å²) in [6.07, 6.45) is 3.42. The van der Waals surface area contributed by atoms with Crippen molar-refractivity contribution in [2.24, 2.45) is 0 Å². The Hall–Kier alpha value is -3.29. The molecule has 0 aliphatic heterocycles. The lowest BCUT2D eigenvalue weighted by Crippen LogP contribution is -2.25. The number of amides is 1. The normalized spacial score (nSPS) is 10.6. The molecule has 3 aromatic rings. The van der Waals surface area contributed by atoms with Crippen LogP contribution in [0.15, 0.2) is 41.3 Å². The molecule has 0 saturated heterocycles. The van der Waals surface area contributed by atoms with Crippen LogP contribution in [-0.4, -0.2) is 27.4 Å². The van der Waals surface area contributed by atoms with Gasteiger partial charge in [0.05, 0.1) is 6.33 Å². The maximum absolute atomic E-state index is 12.0. The fourth-order valence-electron chi connectivity index (χ4n) is 2.06. The van der Waals surface area contributed by atoms with Gasteiger partial charge in [0, 0.05) is 12.2 Å². The lowest BCUT2D eigenvalue weighted by molar-refractivity contribution is 0.0949. The maximum Gasteiger partial charge on any atom is 0.273 e. The summed E-state index contributed by atoms with van der Waals surface area (Å²) in [6, 6.07) is 7.51. The molecule has 0 spiro atoms. The number of aromatic amines is 1. The summed E-state index contributed by atoms with van der Waals surface area (Å²) in [5, 5.41) is 2.79. The van der Waals surface area contributed by atoms with E-state index < -0.39 is 0 Å². The first-order valence-corrected chi connectivity index (χ1v) is 7.01. The van der Waals surface area contributed by atoms with Gasteiger partial charge >= 0.3 is 0 Å². The fourth-order valence-corrected chi connectivity index (χ4v) is 2.06. The predicted octanol–water partition coefficient (Wildman–Crippen LogP) is 1.20. The van der Waals surface area contributed by atoms with E-state index in [4.69, 9.17) is 15.9 Å². The van der Waals surface area contributed by atoms with Crippen LogP contribution >= 0.6 is 0 Å². The molecule has 3 rings (SSSR count). The van der Waals surface area contributed by atoms with Gasteiger partial charge in [-0.3, -0.25) is 4.79 Å². The van der Waals surface area contributed by atoms with Gasteiger partial charge in [0.2, 0.25) is 5.89 Å². The molecule has 2 aromatic heterocycles. The number of imidazole rings is 1. The SMILES string of the molecule is Nc1ccc(CCNC(=O)c2coc(-c3[nH]cnc3N)n2)cc1. The van der Waals surface area contributed by atoms with Crippen molar-refractivity contribution in [2.75, 3.05) is 18.0 Å². The van der Waals surface area contributed by atoms with Gasteiger partial charge in [-0.05, 0) is 24.1 Å². The minimum Gasteiger partial charge on any atom is -0.442 e. The number of nitrogens with zero attached hydrogens (tertiary/aromatic N) is 2. The van der Waals surface area contributed by atoms with Crippen LogP contribution in [0.4, 0.5) is 11.5 Å². The third kappa shape index (κ3) is 3.31. The van der Waals surface area contributed by atoms with Crippen LogP contribution < -0.4 is 16.8 Å². The Labute approximate surface area is 131 Å². The minimum atomic E-state index is -0.312. The smallest absolute Gasteiger partial charge is 0.273 e. The van der Waals surface area contributed by atoms with Crippen LogP contribution in [0, 0.1) is 0 Å².